The normalized spacial score (nSPS) is 14.7. The van der Waals surface area contributed by atoms with Crippen molar-refractivity contribution in [3.63, 3.8) is 0 Å². The Morgan fingerprint density at radius 2 is 0.930 bits per heavy atom. The Morgan fingerprint density at radius 3 is 1.63 bits per heavy atom. The molecule has 9 aromatic carbocycles. The number of fused-ring (bicyclic) bond motifs is 6. The van der Waals surface area contributed by atoms with Crippen molar-refractivity contribution in [1.82, 2.24) is 0 Å². The van der Waals surface area contributed by atoms with Crippen LogP contribution in [0.25, 0.3) is 53.6 Å². The highest BCUT2D eigenvalue weighted by Gasteiger charge is 2.46. The second kappa shape index (κ2) is 13.6. The average Bonchev–Trinajstić information content (AvgIpc) is 3.87. The maximum absolute atomic E-state index is 9.85. The first-order chi connectivity index (χ1) is 31.6. The van der Waals surface area contributed by atoms with Gasteiger partial charge in [-0.1, -0.05) is 182 Å². The molecule has 1 nitrogen and oxygen atoms in total. The first-order valence-corrected chi connectivity index (χ1v) is 19.8. The van der Waals surface area contributed by atoms with E-state index < -0.39 is 5.41 Å². The molecule has 0 spiro atoms. The summed E-state index contributed by atoms with van der Waals surface area (Å²) >= 11 is 1.53. The van der Waals surface area contributed by atoms with Gasteiger partial charge in [-0.25, -0.2) is 0 Å². The largest absolute Gasteiger partial charge is 0.310 e. The third-order valence-corrected chi connectivity index (χ3v) is 12.3. The van der Waals surface area contributed by atoms with E-state index in [0.29, 0.717) is 16.8 Å². The highest BCUT2D eigenvalue weighted by Crippen LogP contribution is 2.57. The summed E-state index contributed by atoms with van der Waals surface area (Å²) in [5.74, 6) is 0. The Kier molecular flexibility index (Phi) is 6.21. The maximum Gasteiger partial charge on any atom is 0.0714 e. The van der Waals surface area contributed by atoms with Gasteiger partial charge in [0.1, 0.15) is 0 Å². The number of nitrogens with zero attached hydrogens (tertiary/aromatic N) is 1. The third-order valence-electron chi connectivity index (χ3n) is 11.1. The molecule has 1 heterocycles. The van der Waals surface area contributed by atoms with Gasteiger partial charge in [0.05, 0.1) is 16.4 Å². The summed E-state index contributed by atoms with van der Waals surface area (Å²) in [6.07, 6.45) is 0. The topological polar surface area (TPSA) is 3.24 Å². The molecule has 0 aliphatic heterocycles. The Balaban J connectivity index is 1.23. The van der Waals surface area contributed by atoms with Crippen LogP contribution in [0.3, 0.4) is 0 Å². The summed E-state index contributed by atoms with van der Waals surface area (Å²) < 4.78 is 79.1. The van der Waals surface area contributed by atoms with Crippen LogP contribution in [0, 0.1) is 0 Å². The van der Waals surface area contributed by atoms with Gasteiger partial charge in [-0.3, -0.25) is 0 Å². The Morgan fingerprint density at radius 1 is 0.386 bits per heavy atom. The molecule has 0 unspecified atom stereocenters. The summed E-state index contributed by atoms with van der Waals surface area (Å²) in [6.45, 7) is 0. The van der Waals surface area contributed by atoms with Crippen molar-refractivity contribution in [2.24, 2.45) is 0 Å². The molecule has 2 heteroatoms. The molecule has 10 aromatic rings. The summed E-state index contributed by atoms with van der Waals surface area (Å²) in [7, 11) is 0. The minimum atomic E-state index is -0.858. The molecule has 1 aliphatic carbocycles. The molecule has 11 rings (SSSR count). The molecule has 1 aliphatic rings. The van der Waals surface area contributed by atoms with Crippen LogP contribution in [0.2, 0.25) is 0 Å². The predicted molar refractivity (Wildman–Crippen MR) is 242 cm³/mol. The van der Waals surface area contributed by atoms with Gasteiger partial charge in [-0.15, -0.1) is 11.3 Å². The number of hydrogen-bond acceptors (Lipinski definition) is 2. The van der Waals surface area contributed by atoms with Gasteiger partial charge in [-0.2, -0.15) is 0 Å². The smallest absolute Gasteiger partial charge is 0.0714 e. The van der Waals surface area contributed by atoms with Gasteiger partial charge in [0, 0.05) is 37.2 Å². The molecular formula is C55H37NS. The zero-order chi connectivity index (χ0) is 44.7. The minimum Gasteiger partial charge on any atom is -0.310 e. The van der Waals surface area contributed by atoms with Crippen LogP contribution < -0.4 is 4.90 Å². The maximum atomic E-state index is 9.85. The lowest BCUT2D eigenvalue weighted by Crippen LogP contribution is -2.28. The molecule has 0 N–H and O–H groups in total. The summed E-state index contributed by atoms with van der Waals surface area (Å²) in [4.78, 5) is 1.42. The molecule has 1 aromatic heterocycles. The first kappa shape index (κ1) is 26.0. The Bertz CT molecular complexity index is 3440. The van der Waals surface area contributed by atoms with Crippen molar-refractivity contribution in [2.75, 3.05) is 4.90 Å². The van der Waals surface area contributed by atoms with Gasteiger partial charge in [0.2, 0.25) is 0 Å². The van der Waals surface area contributed by atoms with Gasteiger partial charge in [0.15, 0.2) is 0 Å². The van der Waals surface area contributed by atoms with E-state index in [1.54, 1.807) is 24.3 Å². The van der Waals surface area contributed by atoms with Gasteiger partial charge < -0.3 is 4.90 Å². The van der Waals surface area contributed by atoms with Gasteiger partial charge in [-0.05, 0) is 98.0 Å². The lowest BCUT2D eigenvalue weighted by molar-refractivity contribution is 0.768. The van der Waals surface area contributed by atoms with Crippen LogP contribution in [0.4, 0.5) is 17.1 Å². The van der Waals surface area contributed by atoms with Crippen molar-refractivity contribution in [3.8, 4) is 33.4 Å². The van der Waals surface area contributed by atoms with Crippen LogP contribution in [-0.4, -0.2) is 0 Å². The van der Waals surface area contributed by atoms with Crippen molar-refractivity contribution in [1.29, 1.82) is 0 Å². The standard InChI is InChI=1S/C55H37NS/c1-4-15-38(16-5-1)39-27-31-43(32-28-39)56(44-33-29-40(30-34-44)46-23-14-24-50-49-22-11-13-26-53(49)57-54(46)50)45-35-36-48-47-21-10-12-25-51(47)55(52(48)37-45,41-17-6-2-7-18-41)42-19-8-3-9-20-42/h1-37H/i27D,28D,29D,30D,31D,32D,33D,34D. The van der Waals surface area contributed by atoms with E-state index in [1.165, 1.54) is 16.2 Å². The van der Waals surface area contributed by atoms with Gasteiger partial charge >= 0.3 is 0 Å². The van der Waals surface area contributed by atoms with E-state index in [0.717, 1.165) is 53.6 Å². The number of hydrogen-bond donors (Lipinski definition) is 0. The van der Waals surface area contributed by atoms with Crippen molar-refractivity contribution in [2.45, 2.75) is 5.41 Å². The lowest BCUT2D eigenvalue weighted by Gasteiger charge is -2.35. The molecular weight excluding hydrogens is 707 g/mol. The summed E-state index contributed by atoms with van der Waals surface area (Å²) in [5.41, 5.74) is 6.34. The first-order valence-electron chi connectivity index (χ1n) is 22.9. The molecule has 0 bridgehead atoms. The van der Waals surface area contributed by atoms with Crippen LogP contribution in [0.15, 0.2) is 224 Å². The molecule has 0 radical (unpaired) electrons. The predicted octanol–water partition coefficient (Wildman–Crippen LogP) is 15.2. The second-order valence-electron chi connectivity index (χ2n) is 14.2. The average molecular weight is 752 g/mol. The van der Waals surface area contributed by atoms with Crippen LogP contribution in [0.5, 0.6) is 0 Å². The van der Waals surface area contributed by atoms with Crippen LogP contribution >= 0.6 is 11.3 Å². The molecule has 0 saturated heterocycles. The number of rotatable bonds is 7. The Hall–Kier alpha value is -7.00. The molecule has 57 heavy (non-hydrogen) atoms. The van der Waals surface area contributed by atoms with Crippen LogP contribution in [-0.2, 0) is 5.41 Å². The van der Waals surface area contributed by atoms with E-state index in [4.69, 9.17) is 0 Å². The SMILES string of the molecule is [2H]c1c([2H])c(N(c2ccc3c(c2)C(c2ccccc2)(c2ccccc2)c2ccccc2-3)c2c([2H])c([2H])c(-c3cccc4c3sc3ccccc34)c([2H])c2[2H])c([2H])c([2H])c1-c1ccccc1. The Labute approximate surface area is 348 Å². The van der Waals surface area contributed by atoms with E-state index in [1.807, 2.05) is 115 Å². The minimum absolute atomic E-state index is 0.118. The zero-order valence-corrected chi connectivity index (χ0v) is 31.4. The molecule has 268 valence electrons. The lowest BCUT2D eigenvalue weighted by atomic mass is 9.67. The fourth-order valence-electron chi connectivity index (χ4n) is 8.60. The summed E-state index contributed by atoms with van der Waals surface area (Å²) in [6, 6.07) is 54.3. The van der Waals surface area contributed by atoms with E-state index in [2.05, 4.69) is 36.4 Å². The highest BCUT2D eigenvalue weighted by molar-refractivity contribution is 7.26. The number of anilines is 3. The summed E-state index contributed by atoms with van der Waals surface area (Å²) in [5, 5.41) is 1.99. The zero-order valence-electron chi connectivity index (χ0n) is 38.6. The quantitative estimate of drug-likeness (QED) is 0.157. The van der Waals surface area contributed by atoms with Crippen molar-refractivity contribution < 1.29 is 11.0 Å². The van der Waals surface area contributed by atoms with E-state index in [-0.39, 0.29) is 70.8 Å². The second-order valence-corrected chi connectivity index (χ2v) is 15.2. The fraction of sp³-hybridized carbons (Fsp3) is 0.0182. The third kappa shape index (κ3) is 5.37. The molecule has 0 amide bonds. The van der Waals surface area contributed by atoms with Crippen molar-refractivity contribution in [3.05, 3.63) is 247 Å². The highest BCUT2D eigenvalue weighted by atomic mass is 32.1. The monoisotopic (exact) mass is 751 g/mol. The van der Waals surface area contributed by atoms with Gasteiger partial charge in [0.25, 0.3) is 0 Å². The van der Waals surface area contributed by atoms with Crippen LogP contribution in [0.1, 0.15) is 33.2 Å². The molecule has 0 saturated carbocycles. The number of benzene rings is 9. The van der Waals surface area contributed by atoms with E-state index >= 15 is 0 Å². The molecule has 0 atom stereocenters. The number of thiophene rings is 1. The fourth-order valence-corrected chi connectivity index (χ4v) is 9.83. The van der Waals surface area contributed by atoms with Crippen molar-refractivity contribution >= 4 is 48.6 Å². The molecule has 0 fully saturated rings. The van der Waals surface area contributed by atoms with E-state index in [9.17, 15) is 11.0 Å².